The first-order valence-electron chi connectivity index (χ1n) is 10.6. The second-order valence-corrected chi connectivity index (χ2v) is 8.91. The Morgan fingerprint density at radius 3 is 2.76 bits per heavy atom. The van der Waals surface area contributed by atoms with Crippen LogP contribution in [0.25, 0.3) is 0 Å². The number of aromatic nitrogens is 1. The third-order valence-corrected chi connectivity index (χ3v) is 6.90. The average molecular weight is 415 g/mol. The minimum atomic E-state index is -0.0495. The van der Waals surface area contributed by atoms with E-state index in [9.17, 15) is 4.79 Å². The van der Waals surface area contributed by atoms with Crippen LogP contribution in [0, 0.1) is 5.92 Å². The molecule has 0 saturated carbocycles. The van der Waals surface area contributed by atoms with E-state index in [4.69, 9.17) is 4.74 Å². The highest BCUT2D eigenvalue weighted by atomic mass is 32.1. The van der Waals surface area contributed by atoms with Crippen molar-refractivity contribution in [2.75, 3.05) is 50.8 Å². The maximum Gasteiger partial charge on any atom is 0.255 e. The quantitative estimate of drug-likeness (QED) is 0.787. The van der Waals surface area contributed by atoms with Crippen LogP contribution < -0.4 is 10.2 Å². The van der Waals surface area contributed by atoms with Crippen molar-refractivity contribution < 1.29 is 9.53 Å². The average Bonchev–Trinajstić information content (AvgIpc) is 3.30. The highest BCUT2D eigenvalue weighted by molar-refractivity contribution is 7.10. The third-order valence-electron chi connectivity index (χ3n) is 5.93. The summed E-state index contributed by atoms with van der Waals surface area (Å²) in [7, 11) is 0. The molecule has 2 fully saturated rings. The van der Waals surface area contributed by atoms with Gasteiger partial charge in [0.05, 0.1) is 24.8 Å². The number of carbonyl (C=O) groups is 1. The molecule has 4 heterocycles. The SMILES string of the molecule is CC1CCN(C(CNC(=O)c2cccnc2N2CCOCC2)c2cccs2)CC1. The number of carbonyl (C=O) groups excluding carboxylic acids is 1. The third kappa shape index (κ3) is 4.97. The number of pyridine rings is 1. The van der Waals surface area contributed by atoms with Crippen molar-refractivity contribution in [2.45, 2.75) is 25.8 Å². The van der Waals surface area contributed by atoms with Gasteiger partial charge in [-0.25, -0.2) is 4.98 Å². The zero-order chi connectivity index (χ0) is 20.1. The van der Waals surface area contributed by atoms with E-state index in [1.54, 1.807) is 17.5 Å². The van der Waals surface area contributed by atoms with Gasteiger partial charge in [0.1, 0.15) is 5.82 Å². The molecule has 0 radical (unpaired) electrons. The van der Waals surface area contributed by atoms with Gasteiger partial charge in [0.2, 0.25) is 0 Å². The van der Waals surface area contributed by atoms with Gasteiger partial charge in [-0.3, -0.25) is 9.69 Å². The predicted molar refractivity (Wildman–Crippen MR) is 117 cm³/mol. The lowest BCUT2D eigenvalue weighted by Gasteiger charge is -2.36. The Bertz CT molecular complexity index is 784. The number of rotatable bonds is 6. The first-order chi connectivity index (χ1) is 14.2. The molecule has 0 spiro atoms. The van der Waals surface area contributed by atoms with Crippen molar-refractivity contribution in [1.29, 1.82) is 0 Å². The Labute approximate surface area is 176 Å². The molecule has 2 saturated heterocycles. The van der Waals surface area contributed by atoms with Gasteiger partial charge < -0.3 is 15.0 Å². The van der Waals surface area contributed by atoms with Crippen molar-refractivity contribution in [3.8, 4) is 0 Å². The summed E-state index contributed by atoms with van der Waals surface area (Å²) in [6, 6.07) is 8.22. The van der Waals surface area contributed by atoms with E-state index in [1.165, 1.54) is 17.7 Å². The van der Waals surface area contributed by atoms with Crippen LogP contribution in [-0.4, -0.2) is 61.7 Å². The summed E-state index contributed by atoms with van der Waals surface area (Å²) < 4.78 is 5.44. The monoisotopic (exact) mass is 414 g/mol. The topological polar surface area (TPSA) is 57.7 Å². The molecular weight excluding hydrogens is 384 g/mol. The maximum absolute atomic E-state index is 13.1. The lowest BCUT2D eigenvalue weighted by Crippen LogP contribution is -2.42. The number of likely N-dealkylation sites (tertiary alicyclic amines) is 1. The number of ether oxygens (including phenoxy) is 1. The first kappa shape index (κ1) is 20.3. The molecule has 2 aromatic rings. The van der Waals surface area contributed by atoms with E-state index in [-0.39, 0.29) is 11.9 Å². The maximum atomic E-state index is 13.1. The highest BCUT2D eigenvalue weighted by Gasteiger charge is 2.27. The highest BCUT2D eigenvalue weighted by Crippen LogP contribution is 2.29. The van der Waals surface area contributed by atoms with Crippen molar-refractivity contribution >= 4 is 23.1 Å². The molecule has 1 N–H and O–H groups in total. The Morgan fingerprint density at radius 1 is 1.24 bits per heavy atom. The largest absolute Gasteiger partial charge is 0.378 e. The Morgan fingerprint density at radius 2 is 2.03 bits per heavy atom. The van der Waals surface area contributed by atoms with E-state index in [0.717, 1.165) is 37.9 Å². The number of nitrogens with zero attached hydrogens (tertiary/aromatic N) is 3. The molecule has 2 aromatic heterocycles. The lowest BCUT2D eigenvalue weighted by molar-refractivity contribution is 0.0913. The molecule has 4 rings (SSSR count). The number of piperidine rings is 1. The Hall–Kier alpha value is -1.96. The molecule has 7 heteroatoms. The van der Waals surface area contributed by atoms with E-state index >= 15 is 0 Å². The van der Waals surface area contributed by atoms with E-state index < -0.39 is 0 Å². The smallest absolute Gasteiger partial charge is 0.255 e. The van der Waals surface area contributed by atoms with E-state index in [2.05, 4.69) is 44.5 Å². The van der Waals surface area contributed by atoms with Gasteiger partial charge in [-0.15, -0.1) is 11.3 Å². The van der Waals surface area contributed by atoms with Crippen LogP contribution in [0.2, 0.25) is 0 Å². The number of hydrogen-bond donors (Lipinski definition) is 1. The zero-order valence-electron chi connectivity index (χ0n) is 17.0. The molecule has 6 nitrogen and oxygen atoms in total. The van der Waals surface area contributed by atoms with Gasteiger partial charge in [0.25, 0.3) is 5.91 Å². The number of hydrogen-bond acceptors (Lipinski definition) is 6. The number of nitrogens with one attached hydrogen (secondary N) is 1. The van der Waals surface area contributed by atoms with Gasteiger partial charge >= 0.3 is 0 Å². The van der Waals surface area contributed by atoms with Crippen molar-refractivity contribution in [3.05, 3.63) is 46.3 Å². The molecule has 29 heavy (non-hydrogen) atoms. The lowest BCUT2D eigenvalue weighted by atomic mass is 9.97. The van der Waals surface area contributed by atoms with E-state index in [1.807, 2.05) is 12.1 Å². The first-order valence-corrected chi connectivity index (χ1v) is 11.4. The Kier molecular flexibility index (Phi) is 6.79. The molecule has 156 valence electrons. The summed E-state index contributed by atoms with van der Waals surface area (Å²) >= 11 is 1.77. The summed E-state index contributed by atoms with van der Waals surface area (Å²) in [5, 5.41) is 5.32. The molecule has 1 atom stereocenters. The summed E-state index contributed by atoms with van der Waals surface area (Å²) in [5.74, 6) is 1.50. The van der Waals surface area contributed by atoms with Crippen LogP contribution in [0.15, 0.2) is 35.8 Å². The number of amides is 1. The minimum absolute atomic E-state index is 0.0495. The normalized spacial score (nSPS) is 19.8. The Balaban J connectivity index is 1.46. The van der Waals surface area contributed by atoms with Crippen molar-refractivity contribution in [2.24, 2.45) is 5.92 Å². The van der Waals surface area contributed by atoms with Crippen molar-refractivity contribution in [3.63, 3.8) is 0 Å². The van der Waals surface area contributed by atoms with Gasteiger partial charge in [0.15, 0.2) is 0 Å². The molecule has 1 unspecified atom stereocenters. The molecule has 0 aliphatic carbocycles. The predicted octanol–water partition coefficient (Wildman–Crippen LogP) is 3.18. The summed E-state index contributed by atoms with van der Waals surface area (Å²) in [6.45, 7) is 8.00. The standard InChI is InChI=1S/C22H30N4O2S/c1-17-6-9-25(10-7-17)19(20-5-3-15-29-20)16-24-22(27)18-4-2-8-23-21(18)26-11-13-28-14-12-26/h2-5,8,15,17,19H,6-7,9-14,16H2,1H3,(H,24,27). The van der Waals surface area contributed by atoms with Gasteiger partial charge in [-0.2, -0.15) is 0 Å². The second kappa shape index (κ2) is 9.69. The number of morpholine rings is 1. The zero-order valence-corrected chi connectivity index (χ0v) is 17.9. The minimum Gasteiger partial charge on any atom is -0.378 e. The fraction of sp³-hybridized carbons (Fsp3) is 0.545. The number of thiophene rings is 1. The molecule has 0 bridgehead atoms. The molecule has 2 aliphatic heterocycles. The summed E-state index contributed by atoms with van der Waals surface area (Å²) in [5.41, 5.74) is 0.645. The summed E-state index contributed by atoms with van der Waals surface area (Å²) in [4.78, 5) is 23.6. The fourth-order valence-corrected chi connectivity index (χ4v) is 4.98. The van der Waals surface area contributed by atoms with Crippen LogP contribution in [0.1, 0.15) is 41.0 Å². The second-order valence-electron chi connectivity index (χ2n) is 7.93. The van der Waals surface area contributed by atoms with Gasteiger partial charge in [-0.05, 0) is 55.4 Å². The van der Waals surface area contributed by atoms with Gasteiger partial charge in [0, 0.05) is 30.7 Å². The van der Waals surface area contributed by atoms with Crippen LogP contribution in [0.5, 0.6) is 0 Å². The van der Waals surface area contributed by atoms with Crippen LogP contribution in [0.4, 0.5) is 5.82 Å². The number of anilines is 1. The van der Waals surface area contributed by atoms with Crippen LogP contribution in [-0.2, 0) is 4.74 Å². The van der Waals surface area contributed by atoms with Crippen molar-refractivity contribution in [1.82, 2.24) is 15.2 Å². The molecule has 1 amide bonds. The van der Waals surface area contributed by atoms with E-state index in [0.29, 0.717) is 25.3 Å². The molecule has 0 aromatic carbocycles. The van der Waals surface area contributed by atoms with Gasteiger partial charge in [-0.1, -0.05) is 13.0 Å². The van der Waals surface area contributed by atoms with Crippen LogP contribution in [0.3, 0.4) is 0 Å². The molecule has 2 aliphatic rings. The fourth-order valence-electron chi connectivity index (χ4n) is 4.12. The summed E-state index contributed by atoms with van der Waals surface area (Å²) in [6.07, 6.45) is 4.20. The molecular formula is C22H30N4O2S. The van der Waals surface area contributed by atoms with Crippen LogP contribution >= 0.6 is 11.3 Å².